The summed E-state index contributed by atoms with van der Waals surface area (Å²) in [5, 5.41) is 20.2. The molecule has 2 N–H and O–H groups in total. The SMILES string of the molecule is CC[C@@H](O)CC=CC[C@@H]1C(C=CC(O)C2CCCCC2)[C@@H]2CC[C@H]1O2. The summed E-state index contributed by atoms with van der Waals surface area (Å²) in [7, 11) is 0. The second-order valence-electron chi connectivity index (χ2n) is 8.31. The van der Waals surface area contributed by atoms with Crippen LogP contribution in [0.5, 0.6) is 0 Å². The van der Waals surface area contributed by atoms with Gasteiger partial charge in [0.1, 0.15) is 0 Å². The highest BCUT2D eigenvalue weighted by atomic mass is 16.5. The van der Waals surface area contributed by atoms with Crippen molar-refractivity contribution in [3.05, 3.63) is 24.3 Å². The molecule has 3 heteroatoms. The lowest BCUT2D eigenvalue weighted by atomic mass is 9.76. The maximum atomic E-state index is 10.5. The smallest absolute Gasteiger partial charge is 0.0749 e. The van der Waals surface area contributed by atoms with E-state index in [4.69, 9.17) is 4.74 Å². The lowest BCUT2D eigenvalue weighted by Gasteiger charge is -2.27. The average Bonchev–Trinajstić information content (AvgIpc) is 3.25. The molecule has 142 valence electrons. The van der Waals surface area contributed by atoms with Crippen LogP contribution < -0.4 is 0 Å². The molecule has 3 rings (SSSR count). The highest BCUT2D eigenvalue weighted by Crippen LogP contribution is 2.46. The molecule has 0 aromatic carbocycles. The minimum Gasteiger partial charge on any atom is -0.393 e. The predicted octanol–water partition coefficient (Wildman–Crippen LogP) is 4.38. The van der Waals surface area contributed by atoms with Gasteiger partial charge in [-0.15, -0.1) is 0 Å². The fourth-order valence-corrected chi connectivity index (χ4v) is 4.93. The first-order valence-electron chi connectivity index (χ1n) is 10.5. The van der Waals surface area contributed by atoms with Gasteiger partial charge in [0.2, 0.25) is 0 Å². The van der Waals surface area contributed by atoms with Crippen LogP contribution in [0, 0.1) is 17.8 Å². The topological polar surface area (TPSA) is 49.7 Å². The van der Waals surface area contributed by atoms with E-state index in [1.807, 2.05) is 6.92 Å². The molecule has 0 aromatic heterocycles. The third-order valence-electron chi connectivity index (χ3n) is 6.60. The van der Waals surface area contributed by atoms with E-state index in [-0.39, 0.29) is 12.2 Å². The first-order chi connectivity index (χ1) is 12.2. The number of hydrogen-bond donors (Lipinski definition) is 2. The summed E-state index contributed by atoms with van der Waals surface area (Å²) in [6, 6.07) is 0. The molecule has 0 aromatic rings. The molecule has 2 aliphatic heterocycles. The van der Waals surface area contributed by atoms with Gasteiger partial charge in [-0.3, -0.25) is 0 Å². The van der Waals surface area contributed by atoms with E-state index in [1.165, 1.54) is 38.5 Å². The number of fused-ring (bicyclic) bond motifs is 2. The van der Waals surface area contributed by atoms with Crippen molar-refractivity contribution in [2.75, 3.05) is 0 Å². The van der Waals surface area contributed by atoms with Crippen molar-refractivity contribution in [2.24, 2.45) is 17.8 Å². The van der Waals surface area contributed by atoms with Gasteiger partial charge in [0.25, 0.3) is 0 Å². The Morgan fingerprint density at radius 1 is 1.00 bits per heavy atom. The number of rotatable bonds is 8. The molecular formula is C22H36O3. The van der Waals surface area contributed by atoms with Crippen LogP contribution in [0.3, 0.4) is 0 Å². The van der Waals surface area contributed by atoms with Crippen molar-refractivity contribution in [3.8, 4) is 0 Å². The molecule has 0 amide bonds. The summed E-state index contributed by atoms with van der Waals surface area (Å²) in [5.74, 6) is 1.43. The fraction of sp³-hybridized carbons (Fsp3) is 0.818. The summed E-state index contributed by atoms with van der Waals surface area (Å²) in [4.78, 5) is 0. The third kappa shape index (κ3) is 4.96. The molecule has 25 heavy (non-hydrogen) atoms. The standard InChI is InChI=1S/C22H36O3/c1-2-17(23)10-6-7-11-18-19(22-15-14-21(18)25-22)12-13-20(24)16-8-4-3-5-9-16/h6-7,12-13,16-24H,2-5,8-11,14-15H2,1H3/t17-,18-,19?,20?,21-,22+/m1/s1. The Balaban J connectivity index is 1.53. The molecule has 3 nitrogen and oxygen atoms in total. The van der Waals surface area contributed by atoms with Crippen molar-refractivity contribution in [1.82, 2.24) is 0 Å². The average molecular weight is 349 g/mol. The van der Waals surface area contributed by atoms with Crippen molar-refractivity contribution in [3.63, 3.8) is 0 Å². The zero-order valence-electron chi connectivity index (χ0n) is 15.7. The molecule has 2 bridgehead atoms. The monoisotopic (exact) mass is 348 g/mol. The van der Waals surface area contributed by atoms with Crippen molar-refractivity contribution in [1.29, 1.82) is 0 Å². The molecule has 2 unspecified atom stereocenters. The zero-order valence-corrected chi connectivity index (χ0v) is 15.7. The first kappa shape index (κ1) is 19.1. The van der Waals surface area contributed by atoms with Crippen LogP contribution >= 0.6 is 0 Å². The van der Waals surface area contributed by atoms with Crippen LogP contribution in [-0.4, -0.2) is 34.6 Å². The summed E-state index contributed by atoms with van der Waals surface area (Å²) in [6.45, 7) is 2.01. The van der Waals surface area contributed by atoms with E-state index >= 15 is 0 Å². The van der Waals surface area contributed by atoms with Gasteiger partial charge in [0.05, 0.1) is 24.4 Å². The van der Waals surface area contributed by atoms with E-state index < -0.39 is 0 Å². The molecule has 0 radical (unpaired) electrons. The van der Waals surface area contributed by atoms with Gasteiger partial charge >= 0.3 is 0 Å². The molecular weight excluding hydrogens is 312 g/mol. The Morgan fingerprint density at radius 2 is 1.76 bits per heavy atom. The van der Waals surface area contributed by atoms with Gasteiger partial charge in [0, 0.05) is 5.92 Å². The summed E-state index contributed by atoms with van der Waals surface area (Å²) in [5.41, 5.74) is 0. The van der Waals surface area contributed by atoms with Crippen LogP contribution in [0.4, 0.5) is 0 Å². The van der Waals surface area contributed by atoms with Crippen LogP contribution in [0.25, 0.3) is 0 Å². The zero-order chi connectivity index (χ0) is 17.6. The molecule has 6 atom stereocenters. The Labute approximate surface area is 153 Å². The van der Waals surface area contributed by atoms with E-state index in [0.717, 1.165) is 25.7 Å². The first-order valence-corrected chi connectivity index (χ1v) is 10.5. The molecule has 3 fully saturated rings. The van der Waals surface area contributed by atoms with Gasteiger partial charge in [0.15, 0.2) is 0 Å². The van der Waals surface area contributed by atoms with E-state index in [2.05, 4.69) is 24.3 Å². The van der Waals surface area contributed by atoms with Gasteiger partial charge in [-0.1, -0.05) is 50.5 Å². The lowest BCUT2D eigenvalue weighted by molar-refractivity contribution is 0.0897. The number of hydrogen-bond acceptors (Lipinski definition) is 3. The van der Waals surface area contributed by atoms with E-state index in [1.54, 1.807) is 0 Å². The molecule has 1 aliphatic carbocycles. The molecule has 2 saturated heterocycles. The van der Waals surface area contributed by atoms with Crippen LogP contribution in [0.2, 0.25) is 0 Å². The van der Waals surface area contributed by atoms with Gasteiger partial charge in [-0.05, 0) is 56.8 Å². The quantitative estimate of drug-likeness (QED) is 0.640. The second kappa shape index (κ2) is 9.34. The minimum absolute atomic E-state index is 0.214. The van der Waals surface area contributed by atoms with Crippen LogP contribution in [0.15, 0.2) is 24.3 Å². The van der Waals surface area contributed by atoms with Crippen molar-refractivity contribution >= 4 is 0 Å². The highest BCUT2D eigenvalue weighted by Gasteiger charge is 2.46. The summed E-state index contributed by atoms with van der Waals surface area (Å²) >= 11 is 0. The van der Waals surface area contributed by atoms with Gasteiger partial charge in [-0.25, -0.2) is 0 Å². The number of allylic oxidation sites excluding steroid dienone is 1. The summed E-state index contributed by atoms with van der Waals surface area (Å²) in [6.07, 6.45) is 20.0. The van der Waals surface area contributed by atoms with E-state index in [0.29, 0.717) is 30.0 Å². The number of aliphatic hydroxyl groups excluding tert-OH is 2. The van der Waals surface area contributed by atoms with E-state index in [9.17, 15) is 10.2 Å². The van der Waals surface area contributed by atoms with Gasteiger partial charge in [-0.2, -0.15) is 0 Å². The maximum absolute atomic E-state index is 10.5. The Morgan fingerprint density at radius 3 is 2.52 bits per heavy atom. The summed E-state index contributed by atoms with van der Waals surface area (Å²) < 4.78 is 6.16. The Bertz CT molecular complexity index is 452. The van der Waals surface area contributed by atoms with Crippen molar-refractivity contribution < 1.29 is 14.9 Å². The minimum atomic E-state index is -0.282. The van der Waals surface area contributed by atoms with Crippen LogP contribution in [0.1, 0.15) is 71.1 Å². The van der Waals surface area contributed by atoms with Crippen molar-refractivity contribution in [2.45, 2.75) is 95.5 Å². The van der Waals surface area contributed by atoms with Gasteiger partial charge < -0.3 is 14.9 Å². The highest BCUT2D eigenvalue weighted by molar-refractivity contribution is 5.09. The molecule has 1 saturated carbocycles. The predicted molar refractivity (Wildman–Crippen MR) is 101 cm³/mol. The third-order valence-corrected chi connectivity index (χ3v) is 6.60. The lowest BCUT2D eigenvalue weighted by Crippen LogP contribution is -2.26. The number of aliphatic hydroxyl groups is 2. The fourth-order valence-electron chi connectivity index (χ4n) is 4.93. The largest absolute Gasteiger partial charge is 0.393 e. The Kier molecular flexibility index (Phi) is 7.15. The second-order valence-corrected chi connectivity index (χ2v) is 8.31. The molecule has 3 aliphatic rings. The van der Waals surface area contributed by atoms with Crippen LogP contribution in [-0.2, 0) is 4.74 Å². The maximum Gasteiger partial charge on any atom is 0.0749 e. The number of ether oxygens (including phenoxy) is 1. The Hall–Kier alpha value is -0.640. The normalized spacial score (nSPS) is 35.8. The molecule has 0 spiro atoms. The molecule has 2 heterocycles.